The fourth-order valence-corrected chi connectivity index (χ4v) is 8.91. The molecule has 49 heavy (non-hydrogen) atoms. The molecule has 9 rings (SSSR count). The molecular weight excluding hydrogens is 591 g/mol. The summed E-state index contributed by atoms with van der Waals surface area (Å²) in [5, 5.41) is 2.85. The van der Waals surface area contributed by atoms with E-state index in [1.54, 1.807) is 0 Å². The van der Waals surface area contributed by atoms with Crippen molar-refractivity contribution >= 4 is 27.8 Å². The van der Waals surface area contributed by atoms with Crippen LogP contribution in [0, 0.1) is 0 Å². The van der Waals surface area contributed by atoms with Gasteiger partial charge in [-0.2, -0.15) is 0 Å². The first-order valence-electron chi connectivity index (χ1n) is 17.6. The molecule has 0 saturated carbocycles. The fraction of sp³-hybridized carbons (Fsp3) is 0.167. The van der Waals surface area contributed by atoms with Gasteiger partial charge in [-0.05, 0) is 104 Å². The number of rotatable bonds is 7. The van der Waals surface area contributed by atoms with E-state index in [4.69, 9.17) is 0 Å². The number of benzene rings is 7. The summed E-state index contributed by atoms with van der Waals surface area (Å²) in [7, 11) is 0. The van der Waals surface area contributed by atoms with Crippen molar-refractivity contribution in [3.63, 3.8) is 0 Å². The lowest BCUT2D eigenvalue weighted by molar-refractivity contribution is 0.639. The van der Waals surface area contributed by atoms with E-state index in [1.165, 1.54) is 77.9 Å². The summed E-state index contributed by atoms with van der Waals surface area (Å²) in [4.78, 5) is 2.43. The SMILES string of the molecule is CC1(C)c2cc(N(c3ccccc3)c3ccccc3)cc3c2-c2c1cc(CC(c1ccccc1)c1ccccc1)c1cccc(c21)C3(C)C. The largest absolute Gasteiger partial charge is 0.310 e. The lowest BCUT2D eigenvalue weighted by Crippen LogP contribution is -2.25. The number of anilines is 3. The van der Waals surface area contributed by atoms with Gasteiger partial charge in [-0.25, -0.2) is 0 Å². The molecule has 0 unspecified atom stereocenters. The number of hydrogen-bond acceptors (Lipinski definition) is 1. The second-order valence-corrected chi connectivity index (χ2v) is 14.9. The van der Waals surface area contributed by atoms with Gasteiger partial charge in [-0.15, -0.1) is 0 Å². The Kier molecular flexibility index (Phi) is 6.71. The van der Waals surface area contributed by atoms with Gasteiger partial charge < -0.3 is 4.90 Å². The molecule has 0 bridgehead atoms. The molecule has 0 heterocycles. The summed E-state index contributed by atoms with van der Waals surface area (Å²) >= 11 is 0. The second kappa shape index (κ2) is 11.1. The van der Waals surface area contributed by atoms with Crippen molar-refractivity contribution in [1.82, 2.24) is 0 Å². The fourth-order valence-electron chi connectivity index (χ4n) is 8.91. The van der Waals surface area contributed by atoms with Gasteiger partial charge in [0.2, 0.25) is 0 Å². The maximum atomic E-state index is 2.58. The van der Waals surface area contributed by atoms with Crippen LogP contribution in [0.3, 0.4) is 0 Å². The molecule has 238 valence electrons. The predicted molar refractivity (Wildman–Crippen MR) is 207 cm³/mol. The molecule has 0 amide bonds. The summed E-state index contributed by atoms with van der Waals surface area (Å²) in [6.45, 7) is 9.77. The molecule has 0 aromatic heterocycles. The van der Waals surface area contributed by atoms with Crippen LogP contribution in [-0.2, 0) is 17.3 Å². The van der Waals surface area contributed by atoms with Crippen LogP contribution in [0.1, 0.15) is 72.6 Å². The van der Waals surface area contributed by atoms with Crippen molar-refractivity contribution < 1.29 is 0 Å². The molecule has 7 aromatic rings. The van der Waals surface area contributed by atoms with E-state index < -0.39 is 0 Å². The summed E-state index contributed by atoms with van der Waals surface area (Å²) in [6.07, 6.45) is 0.946. The molecular formula is C48H41N. The molecule has 7 aromatic carbocycles. The van der Waals surface area contributed by atoms with Gasteiger partial charge in [0.25, 0.3) is 0 Å². The highest BCUT2D eigenvalue weighted by molar-refractivity contribution is 6.10. The minimum atomic E-state index is -0.180. The van der Waals surface area contributed by atoms with Gasteiger partial charge in [-0.3, -0.25) is 0 Å². The van der Waals surface area contributed by atoms with E-state index in [0.29, 0.717) is 0 Å². The third kappa shape index (κ3) is 4.52. The first-order chi connectivity index (χ1) is 23.8. The number of nitrogens with zero attached hydrogens (tertiary/aromatic N) is 1. The molecule has 2 aliphatic carbocycles. The van der Waals surface area contributed by atoms with Crippen LogP contribution >= 0.6 is 0 Å². The number of para-hydroxylation sites is 2. The average Bonchev–Trinajstić information content (AvgIpc) is 3.37. The smallest absolute Gasteiger partial charge is 0.0468 e. The Hall–Kier alpha value is -5.40. The first kappa shape index (κ1) is 29.7. The van der Waals surface area contributed by atoms with Crippen LogP contribution in [0.5, 0.6) is 0 Å². The zero-order valence-corrected chi connectivity index (χ0v) is 28.7. The number of hydrogen-bond donors (Lipinski definition) is 0. The quantitative estimate of drug-likeness (QED) is 0.169. The standard InChI is InChI=1S/C48H41N/c1-47(2)40-27-17-26-38-34(28-39(32-18-9-5-10-19-32)33-20-11-6-12-21-33)29-41-46(44(38)40)45-42(47)30-37(31-43(45)48(41,3)4)49(35-22-13-7-14-23-35)36-24-15-8-16-25-36/h5-27,29-31,39H,28H2,1-4H3. The first-order valence-corrected chi connectivity index (χ1v) is 17.6. The predicted octanol–water partition coefficient (Wildman–Crippen LogP) is 12.6. The highest BCUT2D eigenvalue weighted by Crippen LogP contribution is 2.61. The zero-order chi connectivity index (χ0) is 33.3. The van der Waals surface area contributed by atoms with Gasteiger partial charge in [-0.1, -0.05) is 149 Å². The minimum absolute atomic E-state index is 0.167. The Morgan fingerprint density at radius 2 is 0.918 bits per heavy atom. The molecule has 0 fully saturated rings. The lowest BCUT2D eigenvalue weighted by Gasteiger charge is -2.37. The summed E-state index contributed by atoms with van der Waals surface area (Å²) < 4.78 is 0. The van der Waals surface area contributed by atoms with Crippen LogP contribution in [0.25, 0.3) is 21.9 Å². The van der Waals surface area contributed by atoms with Gasteiger partial charge >= 0.3 is 0 Å². The van der Waals surface area contributed by atoms with Gasteiger partial charge in [0, 0.05) is 33.8 Å². The topological polar surface area (TPSA) is 3.24 Å². The van der Waals surface area contributed by atoms with E-state index in [2.05, 4.69) is 190 Å². The van der Waals surface area contributed by atoms with Crippen molar-refractivity contribution in [2.24, 2.45) is 0 Å². The average molecular weight is 632 g/mol. The van der Waals surface area contributed by atoms with E-state index in [1.807, 2.05) is 0 Å². The highest BCUT2D eigenvalue weighted by Gasteiger charge is 2.46. The zero-order valence-electron chi connectivity index (χ0n) is 28.7. The Morgan fingerprint density at radius 3 is 1.45 bits per heavy atom. The second-order valence-electron chi connectivity index (χ2n) is 14.9. The van der Waals surface area contributed by atoms with Crippen LogP contribution in [0.4, 0.5) is 17.1 Å². The van der Waals surface area contributed by atoms with Crippen LogP contribution in [0.2, 0.25) is 0 Å². The van der Waals surface area contributed by atoms with E-state index >= 15 is 0 Å². The summed E-state index contributed by atoms with van der Waals surface area (Å²) in [6, 6.07) is 58.4. The van der Waals surface area contributed by atoms with Crippen molar-refractivity contribution in [1.29, 1.82) is 0 Å². The molecule has 0 N–H and O–H groups in total. The molecule has 2 aliphatic rings. The highest BCUT2D eigenvalue weighted by atomic mass is 15.1. The minimum Gasteiger partial charge on any atom is -0.310 e. The Morgan fingerprint density at radius 1 is 0.449 bits per heavy atom. The third-order valence-corrected chi connectivity index (χ3v) is 11.4. The Bertz CT molecular complexity index is 2260. The molecule has 1 nitrogen and oxygen atoms in total. The van der Waals surface area contributed by atoms with E-state index in [0.717, 1.165) is 6.42 Å². The molecule has 0 aliphatic heterocycles. The Balaban J connectivity index is 1.29. The summed E-state index contributed by atoms with van der Waals surface area (Å²) in [5.41, 5.74) is 16.0. The van der Waals surface area contributed by atoms with Gasteiger partial charge in [0.1, 0.15) is 0 Å². The van der Waals surface area contributed by atoms with Gasteiger partial charge in [0.15, 0.2) is 0 Å². The van der Waals surface area contributed by atoms with Crippen molar-refractivity contribution in [2.45, 2.75) is 50.9 Å². The maximum Gasteiger partial charge on any atom is 0.0468 e. The van der Waals surface area contributed by atoms with E-state index in [9.17, 15) is 0 Å². The molecule has 0 radical (unpaired) electrons. The van der Waals surface area contributed by atoms with Gasteiger partial charge in [0.05, 0.1) is 0 Å². The van der Waals surface area contributed by atoms with Crippen molar-refractivity contribution in [2.75, 3.05) is 4.90 Å². The van der Waals surface area contributed by atoms with Crippen molar-refractivity contribution in [3.05, 3.63) is 197 Å². The molecule has 0 spiro atoms. The van der Waals surface area contributed by atoms with Crippen molar-refractivity contribution in [3.8, 4) is 11.1 Å². The van der Waals surface area contributed by atoms with Crippen LogP contribution in [-0.4, -0.2) is 0 Å². The van der Waals surface area contributed by atoms with Crippen LogP contribution < -0.4 is 4.90 Å². The third-order valence-electron chi connectivity index (χ3n) is 11.4. The summed E-state index contributed by atoms with van der Waals surface area (Å²) in [5.74, 6) is 0.266. The van der Waals surface area contributed by atoms with E-state index in [-0.39, 0.29) is 16.7 Å². The normalized spacial score (nSPS) is 14.7. The molecule has 0 saturated heterocycles. The molecule has 0 atom stereocenters. The maximum absolute atomic E-state index is 2.58. The van der Waals surface area contributed by atoms with Crippen LogP contribution in [0.15, 0.2) is 158 Å². The Labute approximate surface area is 290 Å². The monoisotopic (exact) mass is 631 g/mol. The molecule has 1 heteroatoms. The lowest BCUT2D eigenvalue weighted by atomic mass is 9.67.